The third kappa shape index (κ3) is 4.06. The molecule has 1 aromatic carbocycles. The molecule has 1 atom stereocenters. The number of nitrogens with zero attached hydrogens (tertiary/aromatic N) is 1. The summed E-state index contributed by atoms with van der Waals surface area (Å²) in [5, 5.41) is 16.4. The van der Waals surface area contributed by atoms with E-state index >= 15 is 0 Å². The smallest absolute Gasteiger partial charge is 0.225 e. The van der Waals surface area contributed by atoms with Gasteiger partial charge in [0.1, 0.15) is 16.8 Å². The number of benzene rings is 1. The van der Waals surface area contributed by atoms with Crippen molar-refractivity contribution < 1.29 is 9.53 Å². The fourth-order valence-electron chi connectivity index (χ4n) is 3.19. The SMILES string of the molecule is CCOc1cccc([C@@H](C)CC(=O)Nc2sc3c(c2C#N)CCNC3)c1. The van der Waals surface area contributed by atoms with Crippen LogP contribution in [0, 0.1) is 11.3 Å². The van der Waals surface area contributed by atoms with Gasteiger partial charge in [-0.25, -0.2) is 0 Å². The highest BCUT2D eigenvalue weighted by atomic mass is 32.1. The largest absolute Gasteiger partial charge is 0.494 e. The maximum absolute atomic E-state index is 12.5. The van der Waals surface area contributed by atoms with Crippen molar-refractivity contribution in [2.75, 3.05) is 18.5 Å². The average Bonchev–Trinajstić information content (AvgIpc) is 2.98. The van der Waals surface area contributed by atoms with E-state index in [1.165, 1.54) is 11.3 Å². The Hall–Kier alpha value is -2.36. The summed E-state index contributed by atoms with van der Waals surface area (Å²) in [5.41, 5.74) is 2.79. The summed E-state index contributed by atoms with van der Waals surface area (Å²) >= 11 is 1.51. The van der Waals surface area contributed by atoms with E-state index in [0.717, 1.165) is 41.3 Å². The number of fused-ring (bicyclic) bond motifs is 1. The molecule has 1 aliphatic rings. The minimum absolute atomic E-state index is 0.0668. The summed E-state index contributed by atoms with van der Waals surface area (Å²) in [7, 11) is 0. The molecular weight excluding hydrogens is 346 g/mol. The summed E-state index contributed by atoms with van der Waals surface area (Å²) in [5.74, 6) is 0.821. The lowest BCUT2D eigenvalue weighted by Gasteiger charge is -2.13. The molecule has 5 nitrogen and oxygen atoms in total. The lowest BCUT2D eigenvalue weighted by atomic mass is 9.97. The van der Waals surface area contributed by atoms with Gasteiger partial charge in [0.15, 0.2) is 0 Å². The maximum atomic E-state index is 12.5. The monoisotopic (exact) mass is 369 g/mol. The van der Waals surface area contributed by atoms with Gasteiger partial charge in [-0.05, 0) is 49.1 Å². The second kappa shape index (κ2) is 8.35. The number of nitriles is 1. The number of ether oxygens (including phenoxy) is 1. The van der Waals surface area contributed by atoms with Gasteiger partial charge in [0.05, 0.1) is 12.2 Å². The molecule has 0 saturated carbocycles. The first kappa shape index (κ1) is 18.4. The molecule has 136 valence electrons. The van der Waals surface area contributed by atoms with Crippen molar-refractivity contribution in [1.82, 2.24) is 5.32 Å². The zero-order valence-electron chi connectivity index (χ0n) is 15.1. The number of carbonyl (C=O) groups is 1. The number of thiophene rings is 1. The third-order valence-corrected chi connectivity index (χ3v) is 5.67. The van der Waals surface area contributed by atoms with Crippen molar-refractivity contribution in [1.29, 1.82) is 5.26 Å². The molecule has 26 heavy (non-hydrogen) atoms. The molecule has 2 N–H and O–H groups in total. The number of hydrogen-bond acceptors (Lipinski definition) is 5. The Morgan fingerprint density at radius 3 is 3.12 bits per heavy atom. The molecule has 1 aliphatic heterocycles. The number of anilines is 1. The molecular formula is C20H23N3O2S. The highest BCUT2D eigenvalue weighted by Gasteiger charge is 2.22. The number of carbonyl (C=O) groups excluding carboxylic acids is 1. The summed E-state index contributed by atoms with van der Waals surface area (Å²) < 4.78 is 5.53. The predicted molar refractivity (Wildman–Crippen MR) is 104 cm³/mol. The first-order valence-electron chi connectivity index (χ1n) is 8.90. The van der Waals surface area contributed by atoms with Crippen LogP contribution in [0.5, 0.6) is 5.75 Å². The molecule has 6 heteroatoms. The second-order valence-electron chi connectivity index (χ2n) is 6.41. The Balaban J connectivity index is 1.68. The number of amides is 1. The van der Waals surface area contributed by atoms with E-state index in [1.54, 1.807) is 0 Å². The summed E-state index contributed by atoms with van der Waals surface area (Å²) in [6, 6.07) is 10.1. The van der Waals surface area contributed by atoms with Crippen molar-refractivity contribution in [3.05, 3.63) is 45.8 Å². The van der Waals surface area contributed by atoms with Gasteiger partial charge in [0.25, 0.3) is 0 Å². The van der Waals surface area contributed by atoms with Gasteiger partial charge in [0, 0.05) is 17.8 Å². The van der Waals surface area contributed by atoms with E-state index in [2.05, 4.69) is 16.7 Å². The molecule has 0 bridgehead atoms. The van der Waals surface area contributed by atoms with Crippen LogP contribution in [0.2, 0.25) is 0 Å². The fourth-order valence-corrected chi connectivity index (χ4v) is 4.38. The third-order valence-electron chi connectivity index (χ3n) is 4.52. The fraction of sp³-hybridized carbons (Fsp3) is 0.400. The van der Waals surface area contributed by atoms with E-state index in [-0.39, 0.29) is 11.8 Å². The molecule has 0 saturated heterocycles. The number of rotatable bonds is 6. The van der Waals surface area contributed by atoms with E-state index in [1.807, 2.05) is 38.1 Å². The van der Waals surface area contributed by atoms with Crippen molar-refractivity contribution >= 4 is 22.2 Å². The van der Waals surface area contributed by atoms with E-state index in [4.69, 9.17) is 4.74 Å². The van der Waals surface area contributed by atoms with Gasteiger partial charge < -0.3 is 15.4 Å². The number of hydrogen-bond donors (Lipinski definition) is 2. The van der Waals surface area contributed by atoms with Gasteiger partial charge in [-0.3, -0.25) is 4.79 Å². The van der Waals surface area contributed by atoms with E-state index in [0.29, 0.717) is 23.6 Å². The van der Waals surface area contributed by atoms with Crippen molar-refractivity contribution in [3.63, 3.8) is 0 Å². The van der Waals surface area contributed by atoms with Gasteiger partial charge in [-0.2, -0.15) is 5.26 Å². The van der Waals surface area contributed by atoms with Gasteiger partial charge >= 0.3 is 0 Å². The zero-order valence-corrected chi connectivity index (χ0v) is 15.9. The van der Waals surface area contributed by atoms with Crippen LogP contribution >= 0.6 is 11.3 Å². The molecule has 1 aromatic heterocycles. The molecule has 0 radical (unpaired) electrons. The van der Waals surface area contributed by atoms with Crippen molar-refractivity contribution in [2.45, 2.75) is 39.2 Å². The second-order valence-corrected chi connectivity index (χ2v) is 7.51. The quantitative estimate of drug-likeness (QED) is 0.812. The molecule has 1 amide bonds. The van der Waals surface area contributed by atoms with Gasteiger partial charge in [-0.15, -0.1) is 11.3 Å². The summed E-state index contributed by atoms with van der Waals surface area (Å²) in [6.07, 6.45) is 1.20. The first-order valence-corrected chi connectivity index (χ1v) is 9.72. The molecule has 2 aromatic rings. The Kier molecular flexibility index (Phi) is 5.92. The number of nitrogens with one attached hydrogen (secondary N) is 2. The molecule has 0 fully saturated rings. The van der Waals surface area contributed by atoms with Gasteiger partial charge in [-0.1, -0.05) is 19.1 Å². The molecule has 3 rings (SSSR count). The molecule has 0 aliphatic carbocycles. The normalized spacial score (nSPS) is 14.2. The van der Waals surface area contributed by atoms with Crippen molar-refractivity contribution in [3.8, 4) is 11.8 Å². The Morgan fingerprint density at radius 1 is 1.50 bits per heavy atom. The molecule has 0 spiro atoms. The first-order chi connectivity index (χ1) is 12.6. The van der Waals surface area contributed by atoms with E-state index < -0.39 is 0 Å². The van der Waals surface area contributed by atoms with Crippen LogP contribution in [0.15, 0.2) is 24.3 Å². The lowest BCUT2D eigenvalue weighted by molar-refractivity contribution is -0.116. The predicted octanol–water partition coefficient (Wildman–Crippen LogP) is 3.80. The van der Waals surface area contributed by atoms with Gasteiger partial charge in [0.2, 0.25) is 5.91 Å². The van der Waals surface area contributed by atoms with Crippen LogP contribution in [-0.2, 0) is 17.8 Å². The Labute approximate surface area is 158 Å². The van der Waals surface area contributed by atoms with Crippen LogP contribution in [0.25, 0.3) is 0 Å². The Morgan fingerprint density at radius 2 is 2.35 bits per heavy atom. The average molecular weight is 369 g/mol. The highest BCUT2D eigenvalue weighted by molar-refractivity contribution is 7.16. The summed E-state index contributed by atoms with van der Waals surface area (Å²) in [4.78, 5) is 13.7. The zero-order chi connectivity index (χ0) is 18.5. The van der Waals surface area contributed by atoms with Crippen LogP contribution in [0.4, 0.5) is 5.00 Å². The minimum Gasteiger partial charge on any atom is -0.494 e. The topological polar surface area (TPSA) is 74.1 Å². The molecule has 0 unspecified atom stereocenters. The lowest BCUT2D eigenvalue weighted by Crippen LogP contribution is -2.22. The maximum Gasteiger partial charge on any atom is 0.225 e. The minimum atomic E-state index is -0.0673. The van der Waals surface area contributed by atoms with E-state index in [9.17, 15) is 10.1 Å². The standard InChI is InChI=1S/C20H23N3O2S/c1-3-25-15-6-4-5-14(10-15)13(2)9-19(24)23-20-17(11-21)16-7-8-22-12-18(16)26-20/h4-6,10,13,22H,3,7-9,12H2,1-2H3,(H,23,24)/t13-/m0/s1. The van der Waals surface area contributed by atoms with Crippen LogP contribution in [0.1, 0.15) is 47.8 Å². The van der Waals surface area contributed by atoms with Crippen LogP contribution < -0.4 is 15.4 Å². The van der Waals surface area contributed by atoms with Crippen LogP contribution in [0.3, 0.4) is 0 Å². The molecule has 2 heterocycles. The van der Waals surface area contributed by atoms with Crippen molar-refractivity contribution in [2.24, 2.45) is 0 Å². The Bertz CT molecular complexity index is 838. The van der Waals surface area contributed by atoms with Crippen LogP contribution in [-0.4, -0.2) is 19.1 Å². The highest BCUT2D eigenvalue weighted by Crippen LogP contribution is 2.35. The summed E-state index contributed by atoms with van der Waals surface area (Å²) in [6.45, 7) is 6.24.